The Morgan fingerprint density at radius 2 is 1.93 bits per heavy atom. The van der Waals surface area contributed by atoms with Crippen molar-refractivity contribution in [2.45, 2.75) is 46.5 Å². The molecule has 0 spiro atoms. The molecule has 0 aliphatic carbocycles. The summed E-state index contributed by atoms with van der Waals surface area (Å²) in [7, 11) is 0. The van der Waals surface area contributed by atoms with Crippen LogP contribution in [0.1, 0.15) is 46.5 Å². The van der Waals surface area contributed by atoms with E-state index in [4.69, 9.17) is 0 Å². The molecule has 1 rings (SSSR count). The molecule has 0 amide bonds. The van der Waals surface area contributed by atoms with E-state index in [9.17, 15) is 4.79 Å². The van der Waals surface area contributed by atoms with E-state index in [1.54, 1.807) is 0 Å². The summed E-state index contributed by atoms with van der Waals surface area (Å²) in [5.41, 5.74) is 0. The summed E-state index contributed by atoms with van der Waals surface area (Å²) >= 11 is 0. The molecule has 1 heterocycles. The Balaban J connectivity index is 2.22. The van der Waals surface area contributed by atoms with Crippen LogP contribution in [-0.4, -0.2) is 30.3 Å². The minimum Gasteiger partial charge on any atom is -0.303 e. The van der Waals surface area contributed by atoms with E-state index in [1.165, 1.54) is 38.9 Å². The molecule has 2 heteroatoms. The van der Waals surface area contributed by atoms with Gasteiger partial charge in [-0.05, 0) is 44.8 Å². The van der Waals surface area contributed by atoms with Crippen LogP contribution in [0.2, 0.25) is 0 Å². The number of nitrogens with zero attached hydrogens (tertiary/aromatic N) is 1. The first-order valence-electron chi connectivity index (χ1n) is 6.38. The minimum atomic E-state index is 0.221. The van der Waals surface area contributed by atoms with Gasteiger partial charge in [0.2, 0.25) is 0 Å². The van der Waals surface area contributed by atoms with Crippen LogP contribution in [0.15, 0.2) is 0 Å². The molecule has 0 bridgehead atoms. The van der Waals surface area contributed by atoms with Gasteiger partial charge >= 0.3 is 0 Å². The van der Waals surface area contributed by atoms with E-state index in [0.29, 0.717) is 11.7 Å². The van der Waals surface area contributed by atoms with Crippen molar-refractivity contribution in [3.63, 3.8) is 0 Å². The highest BCUT2D eigenvalue weighted by Gasteiger charge is 2.21. The first-order chi connectivity index (χ1) is 7.13. The van der Waals surface area contributed by atoms with Gasteiger partial charge in [0.1, 0.15) is 5.78 Å². The van der Waals surface area contributed by atoms with Gasteiger partial charge in [-0.3, -0.25) is 4.79 Å². The lowest BCUT2D eigenvalue weighted by molar-refractivity contribution is -0.123. The van der Waals surface area contributed by atoms with E-state index < -0.39 is 0 Å². The molecule has 0 aromatic rings. The summed E-state index contributed by atoms with van der Waals surface area (Å²) in [5.74, 6) is 1.33. The molecule has 1 saturated heterocycles. The first-order valence-corrected chi connectivity index (χ1v) is 6.38. The third-order valence-corrected chi connectivity index (χ3v) is 3.38. The Bertz CT molecular complexity index is 193. The Morgan fingerprint density at radius 3 is 2.40 bits per heavy atom. The lowest BCUT2D eigenvalue weighted by Gasteiger charge is -2.31. The van der Waals surface area contributed by atoms with Gasteiger partial charge in [0, 0.05) is 12.3 Å². The van der Waals surface area contributed by atoms with Gasteiger partial charge in [-0.1, -0.05) is 20.8 Å². The Morgan fingerprint density at radius 1 is 1.33 bits per heavy atom. The number of piperidine rings is 1. The van der Waals surface area contributed by atoms with Crippen LogP contribution in [0.3, 0.4) is 0 Å². The van der Waals surface area contributed by atoms with Crippen LogP contribution in [0.5, 0.6) is 0 Å². The van der Waals surface area contributed by atoms with E-state index in [0.717, 1.165) is 6.42 Å². The topological polar surface area (TPSA) is 20.3 Å². The van der Waals surface area contributed by atoms with Crippen molar-refractivity contribution in [3.8, 4) is 0 Å². The maximum absolute atomic E-state index is 11.6. The van der Waals surface area contributed by atoms with Crippen LogP contribution in [0, 0.1) is 11.8 Å². The fourth-order valence-corrected chi connectivity index (χ4v) is 2.25. The monoisotopic (exact) mass is 211 g/mol. The molecule has 0 saturated carbocycles. The van der Waals surface area contributed by atoms with Crippen molar-refractivity contribution in [2.75, 3.05) is 19.6 Å². The summed E-state index contributed by atoms with van der Waals surface area (Å²) in [6, 6.07) is 0. The van der Waals surface area contributed by atoms with E-state index in [2.05, 4.69) is 11.8 Å². The molecule has 88 valence electrons. The zero-order chi connectivity index (χ0) is 11.3. The number of hydrogen-bond donors (Lipinski definition) is 0. The lowest BCUT2D eigenvalue weighted by atomic mass is 9.89. The van der Waals surface area contributed by atoms with Gasteiger partial charge < -0.3 is 4.90 Å². The predicted molar refractivity (Wildman–Crippen MR) is 63.9 cm³/mol. The van der Waals surface area contributed by atoms with Crippen molar-refractivity contribution in [3.05, 3.63) is 0 Å². The van der Waals surface area contributed by atoms with Gasteiger partial charge in [-0.15, -0.1) is 0 Å². The van der Waals surface area contributed by atoms with E-state index in [-0.39, 0.29) is 5.92 Å². The standard InChI is InChI=1S/C13H25NO/c1-4-7-14-8-5-12(6-9-14)10-13(15)11(2)3/h11-12H,4-10H2,1-3H3. The number of ketones is 1. The largest absolute Gasteiger partial charge is 0.303 e. The Hall–Kier alpha value is -0.370. The quantitative estimate of drug-likeness (QED) is 0.697. The number of hydrogen-bond acceptors (Lipinski definition) is 2. The molecule has 0 aromatic carbocycles. The fourth-order valence-electron chi connectivity index (χ4n) is 2.25. The van der Waals surface area contributed by atoms with Crippen LogP contribution in [0.25, 0.3) is 0 Å². The summed E-state index contributed by atoms with van der Waals surface area (Å²) in [4.78, 5) is 14.1. The molecule has 0 unspecified atom stereocenters. The van der Waals surface area contributed by atoms with Crippen molar-refractivity contribution < 1.29 is 4.79 Å². The summed E-state index contributed by atoms with van der Waals surface area (Å²) in [6.45, 7) is 9.87. The fraction of sp³-hybridized carbons (Fsp3) is 0.923. The van der Waals surface area contributed by atoms with E-state index in [1.807, 2.05) is 13.8 Å². The second kappa shape index (κ2) is 6.26. The zero-order valence-corrected chi connectivity index (χ0v) is 10.5. The SMILES string of the molecule is CCCN1CCC(CC(=O)C(C)C)CC1. The smallest absolute Gasteiger partial charge is 0.135 e. The summed E-state index contributed by atoms with van der Waals surface area (Å²) in [6.07, 6.45) is 4.50. The number of Topliss-reactive ketones (excluding diaryl/α,β-unsaturated/α-hetero) is 1. The highest BCUT2D eigenvalue weighted by molar-refractivity contribution is 5.80. The van der Waals surface area contributed by atoms with Gasteiger partial charge in [0.15, 0.2) is 0 Å². The van der Waals surface area contributed by atoms with Gasteiger partial charge in [0.05, 0.1) is 0 Å². The minimum absolute atomic E-state index is 0.221. The molecule has 1 aliphatic heterocycles. The Kier molecular flexibility index (Phi) is 5.30. The molecule has 0 radical (unpaired) electrons. The Labute approximate surface area is 94.0 Å². The van der Waals surface area contributed by atoms with Gasteiger partial charge in [-0.25, -0.2) is 0 Å². The van der Waals surface area contributed by atoms with Crippen molar-refractivity contribution in [1.82, 2.24) is 4.90 Å². The van der Waals surface area contributed by atoms with Crippen LogP contribution in [0.4, 0.5) is 0 Å². The number of rotatable bonds is 5. The summed E-state index contributed by atoms with van der Waals surface area (Å²) < 4.78 is 0. The number of carbonyl (C=O) groups is 1. The second-order valence-electron chi connectivity index (χ2n) is 5.11. The molecule has 2 nitrogen and oxygen atoms in total. The molecule has 1 fully saturated rings. The number of likely N-dealkylation sites (tertiary alicyclic amines) is 1. The molecular weight excluding hydrogens is 186 g/mol. The highest BCUT2D eigenvalue weighted by atomic mass is 16.1. The van der Waals surface area contributed by atoms with Crippen LogP contribution >= 0.6 is 0 Å². The molecule has 1 aliphatic rings. The van der Waals surface area contributed by atoms with Crippen molar-refractivity contribution in [2.24, 2.45) is 11.8 Å². The van der Waals surface area contributed by atoms with Crippen molar-refractivity contribution >= 4 is 5.78 Å². The molecule has 0 atom stereocenters. The maximum Gasteiger partial charge on any atom is 0.135 e. The molecule has 15 heavy (non-hydrogen) atoms. The van der Waals surface area contributed by atoms with Crippen molar-refractivity contribution in [1.29, 1.82) is 0 Å². The third kappa shape index (κ3) is 4.33. The number of carbonyl (C=O) groups excluding carboxylic acids is 1. The third-order valence-electron chi connectivity index (χ3n) is 3.38. The maximum atomic E-state index is 11.6. The average Bonchev–Trinajstić information content (AvgIpc) is 2.21. The summed E-state index contributed by atoms with van der Waals surface area (Å²) in [5, 5.41) is 0. The molecular formula is C13H25NO. The van der Waals surface area contributed by atoms with Crippen LogP contribution in [-0.2, 0) is 4.79 Å². The molecule has 0 N–H and O–H groups in total. The normalized spacial score (nSPS) is 19.7. The lowest BCUT2D eigenvalue weighted by Crippen LogP contribution is -2.35. The molecule has 0 aromatic heterocycles. The van der Waals surface area contributed by atoms with Gasteiger partial charge in [0.25, 0.3) is 0 Å². The second-order valence-corrected chi connectivity index (χ2v) is 5.11. The first kappa shape index (κ1) is 12.7. The zero-order valence-electron chi connectivity index (χ0n) is 10.5. The van der Waals surface area contributed by atoms with Crippen LogP contribution < -0.4 is 0 Å². The van der Waals surface area contributed by atoms with E-state index >= 15 is 0 Å². The average molecular weight is 211 g/mol. The highest BCUT2D eigenvalue weighted by Crippen LogP contribution is 2.22. The van der Waals surface area contributed by atoms with Gasteiger partial charge in [-0.2, -0.15) is 0 Å². The predicted octanol–water partition coefficient (Wildman–Crippen LogP) is 2.72.